The topological polar surface area (TPSA) is 112 Å². The van der Waals surface area contributed by atoms with Crippen LogP contribution in [-0.2, 0) is 9.59 Å². The van der Waals surface area contributed by atoms with Gasteiger partial charge in [0.2, 0.25) is 5.88 Å². The van der Waals surface area contributed by atoms with E-state index in [1.165, 1.54) is 0 Å². The average molecular weight is 390 g/mol. The predicted molar refractivity (Wildman–Crippen MR) is 101 cm³/mol. The molecule has 0 saturated carbocycles. The lowest BCUT2D eigenvalue weighted by atomic mass is 10.1. The number of hydrogen-bond acceptors (Lipinski definition) is 6. The zero-order valence-corrected chi connectivity index (χ0v) is 15.0. The number of allylic oxidation sites excluding steroid dienone is 1. The summed E-state index contributed by atoms with van der Waals surface area (Å²) in [6, 6.07) is 6.27. The van der Waals surface area contributed by atoms with E-state index >= 15 is 0 Å². The van der Waals surface area contributed by atoms with Crippen molar-refractivity contribution in [3.05, 3.63) is 38.7 Å². The fourth-order valence-electron chi connectivity index (χ4n) is 2.68. The number of aliphatic carboxylic acids is 2. The first-order chi connectivity index (χ1) is 12.4. The Morgan fingerprint density at radius 1 is 1.31 bits per heavy atom. The van der Waals surface area contributed by atoms with Crippen molar-refractivity contribution >= 4 is 59.0 Å². The van der Waals surface area contributed by atoms with Gasteiger partial charge in [-0.25, -0.2) is 4.79 Å². The summed E-state index contributed by atoms with van der Waals surface area (Å²) in [4.78, 5) is 27.0. The van der Waals surface area contributed by atoms with Gasteiger partial charge in [0.15, 0.2) is 3.95 Å². The molecule has 1 atom stereocenters. The summed E-state index contributed by atoms with van der Waals surface area (Å²) >= 11 is 6.26. The molecule has 0 fully saturated rings. The van der Waals surface area contributed by atoms with Gasteiger partial charge in [-0.05, 0) is 30.8 Å². The standard InChI is InChI=1S/C17H14N2O5S2/c20-14(21)6-5-12(16(23)24)19-15(22)13(26-17(19)25)7-9-8-18-11-4-2-1-3-10(9)11/h1-4,7-8,12,22H,5-6H2,(H,20,21)(H,23,24)/b9-7+/t12-/m0/s1. The number of benzene rings is 1. The highest BCUT2D eigenvalue weighted by Gasteiger charge is 2.26. The van der Waals surface area contributed by atoms with Crippen molar-refractivity contribution in [2.24, 2.45) is 4.99 Å². The lowest BCUT2D eigenvalue weighted by molar-refractivity contribution is -0.142. The molecular weight excluding hydrogens is 376 g/mol. The van der Waals surface area contributed by atoms with Crippen molar-refractivity contribution in [1.82, 2.24) is 4.57 Å². The average Bonchev–Trinajstić information content (AvgIpc) is 3.11. The molecule has 0 amide bonds. The molecule has 0 radical (unpaired) electrons. The van der Waals surface area contributed by atoms with Gasteiger partial charge in [-0.2, -0.15) is 0 Å². The predicted octanol–water partition coefficient (Wildman–Crippen LogP) is 3.73. The van der Waals surface area contributed by atoms with Crippen molar-refractivity contribution in [1.29, 1.82) is 0 Å². The summed E-state index contributed by atoms with van der Waals surface area (Å²) in [6.45, 7) is 0. The van der Waals surface area contributed by atoms with E-state index in [1.807, 2.05) is 24.3 Å². The largest absolute Gasteiger partial charge is 0.493 e. The summed E-state index contributed by atoms with van der Waals surface area (Å²) in [5, 5.41) is 28.7. The Labute approximate surface area is 157 Å². The summed E-state index contributed by atoms with van der Waals surface area (Å²) in [5.41, 5.74) is 2.49. The van der Waals surface area contributed by atoms with Crippen molar-refractivity contribution < 1.29 is 24.9 Å². The summed E-state index contributed by atoms with van der Waals surface area (Å²) in [6.07, 6.45) is 2.84. The molecule has 0 aliphatic carbocycles. The Hall–Kier alpha value is -2.78. The minimum Gasteiger partial charge on any atom is -0.493 e. The first-order valence-corrected chi connectivity index (χ1v) is 8.85. The lowest BCUT2D eigenvalue weighted by Crippen LogP contribution is -2.20. The smallest absolute Gasteiger partial charge is 0.326 e. The van der Waals surface area contributed by atoms with E-state index in [0.29, 0.717) is 4.88 Å². The number of fused-ring (bicyclic) bond motifs is 1. The molecule has 3 rings (SSSR count). The highest BCUT2D eigenvalue weighted by molar-refractivity contribution is 7.73. The Kier molecular flexibility index (Phi) is 5.01. The minimum atomic E-state index is -1.25. The highest BCUT2D eigenvalue weighted by atomic mass is 32.1. The Bertz CT molecular complexity index is 1000. The second-order valence-electron chi connectivity index (χ2n) is 5.59. The summed E-state index contributed by atoms with van der Waals surface area (Å²) in [7, 11) is 0. The number of thiazole rings is 1. The molecule has 0 saturated heterocycles. The molecule has 2 heterocycles. The maximum atomic E-state index is 11.5. The van der Waals surface area contributed by atoms with E-state index in [2.05, 4.69) is 4.99 Å². The number of carbonyl (C=O) groups is 2. The fraction of sp³-hybridized carbons (Fsp3) is 0.176. The SMILES string of the molecule is O=C(O)CC[C@@H](C(=O)O)n1c(O)c(/C=C2\C=Nc3ccccc32)sc1=S. The number of carboxylic acid groups (broad SMARTS) is 2. The molecular formula is C17H14N2O5S2. The van der Waals surface area contributed by atoms with Crippen LogP contribution in [0.4, 0.5) is 5.69 Å². The normalized spacial score (nSPS) is 15.2. The summed E-state index contributed by atoms with van der Waals surface area (Å²) < 4.78 is 1.26. The van der Waals surface area contributed by atoms with Crippen molar-refractivity contribution in [2.45, 2.75) is 18.9 Å². The molecule has 3 N–H and O–H groups in total. The molecule has 26 heavy (non-hydrogen) atoms. The van der Waals surface area contributed by atoms with Crippen LogP contribution in [0.2, 0.25) is 0 Å². The van der Waals surface area contributed by atoms with Crippen molar-refractivity contribution in [3.8, 4) is 5.88 Å². The molecule has 134 valence electrons. The zero-order chi connectivity index (χ0) is 18.8. The van der Waals surface area contributed by atoms with Gasteiger partial charge in [0.05, 0.1) is 10.6 Å². The molecule has 7 nitrogen and oxygen atoms in total. The van der Waals surface area contributed by atoms with Gasteiger partial charge in [0, 0.05) is 23.8 Å². The maximum Gasteiger partial charge on any atom is 0.326 e. The minimum absolute atomic E-state index is 0.162. The number of aliphatic imine (C=N–C) groups is 1. The second-order valence-corrected chi connectivity index (χ2v) is 7.26. The van der Waals surface area contributed by atoms with Gasteiger partial charge in [-0.3, -0.25) is 14.4 Å². The molecule has 0 unspecified atom stereocenters. The molecule has 0 spiro atoms. The van der Waals surface area contributed by atoms with Gasteiger partial charge in [-0.1, -0.05) is 18.2 Å². The van der Waals surface area contributed by atoms with Crippen LogP contribution >= 0.6 is 23.6 Å². The molecule has 1 aliphatic rings. The second kappa shape index (κ2) is 7.22. The van der Waals surface area contributed by atoms with Crippen LogP contribution in [0.5, 0.6) is 5.88 Å². The van der Waals surface area contributed by atoms with Crippen LogP contribution in [0.25, 0.3) is 11.6 Å². The Morgan fingerprint density at radius 2 is 2.04 bits per heavy atom. The van der Waals surface area contributed by atoms with Crippen molar-refractivity contribution in [3.63, 3.8) is 0 Å². The number of carboxylic acids is 2. The Morgan fingerprint density at radius 3 is 2.73 bits per heavy atom. The van der Waals surface area contributed by atoms with E-state index in [1.54, 1.807) is 12.3 Å². The van der Waals surface area contributed by atoms with E-state index in [-0.39, 0.29) is 22.7 Å². The third-order valence-electron chi connectivity index (χ3n) is 3.92. The number of aromatic hydroxyl groups is 1. The number of rotatable bonds is 6. The van der Waals surface area contributed by atoms with Gasteiger partial charge in [-0.15, -0.1) is 11.3 Å². The fourth-order valence-corrected chi connectivity index (χ4v) is 4.04. The number of para-hydroxylation sites is 1. The van der Waals surface area contributed by atoms with E-state index in [4.69, 9.17) is 17.3 Å². The van der Waals surface area contributed by atoms with Gasteiger partial charge in [0.25, 0.3) is 0 Å². The molecule has 1 aliphatic heterocycles. The highest BCUT2D eigenvalue weighted by Crippen LogP contribution is 2.37. The molecule has 1 aromatic carbocycles. The Balaban J connectivity index is 2.00. The number of hydrogen-bond donors (Lipinski definition) is 3. The van der Waals surface area contributed by atoms with Gasteiger partial charge < -0.3 is 15.3 Å². The van der Waals surface area contributed by atoms with Crippen LogP contribution in [0, 0.1) is 3.95 Å². The molecule has 1 aromatic heterocycles. The van der Waals surface area contributed by atoms with E-state index in [0.717, 1.165) is 32.7 Å². The maximum absolute atomic E-state index is 11.5. The van der Waals surface area contributed by atoms with Crippen LogP contribution < -0.4 is 0 Å². The first-order valence-electron chi connectivity index (χ1n) is 7.62. The zero-order valence-electron chi connectivity index (χ0n) is 13.3. The molecule has 9 heteroatoms. The van der Waals surface area contributed by atoms with Crippen LogP contribution in [0.15, 0.2) is 29.3 Å². The quantitative estimate of drug-likeness (QED) is 0.648. The number of aromatic nitrogens is 1. The van der Waals surface area contributed by atoms with E-state index in [9.17, 15) is 19.8 Å². The molecule has 2 aromatic rings. The summed E-state index contributed by atoms with van der Waals surface area (Å²) in [5.74, 6) is -2.65. The number of nitrogens with zero attached hydrogens (tertiary/aromatic N) is 2. The van der Waals surface area contributed by atoms with Gasteiger partial charge >= 0.3 is 11.9 Å². The third-order valence-corrected chi connectivity index (χ3v) is 5.25. The van der Waals surface area contributed by atoms with Crippen LogP contribution in [-0.4, -0.2) is 38.0 Å². The van der Waals surface area contributed by atoms with Crippen LogP contribution in [0.3, 0.4) is 0 Å². The first kappa shape index (κ1) is 18.0. The third kappa shape index (κ3) is 3.44. The monoisotopic (exact) mass is 390 g/mol. The molecule has 0 bridgehead atoms. The van der Waals surface area contributed by atoms with Crippen molar-refractivity contribution in [2.75, 3.05) is 0 Å². The lowest BCUT2D eigenvalue weighted by Gasteiger charge is -2.14. The van der Waals surface area contributed by atoms with Gasteiger partial charge in [0.1, 0.15) is 6.04 Å². The van der Waals surface area contributed by atoms with Crippen LogP contribution in [0.1, 0.15) is 29.3 Å². The van der Waals surface area contributed by atoms with E-state index < -0.39 is 18.0 Å².